The summed E-state index contributed by atoms with van der Waals surface area (Å²) in [6, 6.07) is 14.4. The minimum atomic E-state index is -0.425. The summed E-state index contributed by atoms with van der Waals surface area (Å²) in [5.74, 6) is 1.69. The van der Waals surface area contributed by atoms with Crippen LogP contribution in [0.1, 0.15) is 31.9 Å². The van der Waals surface area contributed by atoms with Gasteiger partial charge >= 0.3 is 0 Å². The van der Waals surface area contributed by atoms with Gasteiger partial charge in [0.1, 0.15) is 12.4 Å². The number of amides is 1. The molecule has 0 unspecified atom stereocenters. The predicted molar refractivity (Wildman–Crippen MR) is 113 cm³/mol. The van der Waals surface area contributed by atoms with Crippen molar-refractivity contribution in [2.45, 2.75) is 31.9 Å². The molecule has 28 heavy (non-hydrogen) atoms. The van der Waals surface area contributed by atoms with Gasteiger partial charge in [-0.3, -0.25) is 14.9 Å². The van der Waals surface area contributed by atoms with E-state index < -0.39 is 4.92 Å². The van der Waals surface area contributed by atoms with Crippen molar-refractivity contribution < 1.29 is 14.5 Å². The van der Waals surface area contributed by atoms with Crippen LogP contribution in [0.4, 0.5) is 5.69 Å². The highest BCUT2D eigenvalue weighted by Crippen LogP contribution is 2.24. The molecule has 1 N–H and O–H groups in total. The minimum Gasteiger partial charge on any atom is -0.492 e. The zero-order valence-electron chi connectivity index (χ0n) is 16.4. The fourth-order valence-corrected chi connectivity index (χ4v) is 3.25. The zero-order chi connectivity index (χ0) is 20.6. The molecule has 7 heteroatoms. The monoisotopic (exact) mass is 402 g/mol. The van der Waals surface area contributed by atoms with Crippen molar-refractivity contribution in [2.75, 3.05) is 18.9 Å². The summed E-state index contributed by atoms with van der Waals surface area (Å²) in [4.78, 5) is 22.1. The fourth-order valence-electron chi connectivity index (χ4n) is 2.44. The van der Waals surface area contributed by atoms with Crippen LogP contribution in [-0.4, -0.2) is 29.7 Å². The summed E-state index contributed by atoms with van der Waals surface area (Å²) < 4.78 is 5.65. The van der Waals surface area contributed by atoms with E-state index in [-0.39, 0.29) is 17.0 Å². The molecule has 2 aromatic rings. The third-order valence-corrected chi connectivity index (χ3v) is 5.07. The number of carbonyl (C=O) groups is 1. The summed E-state index contributed by atoms with van der Waals surface area (Å²) in [6.45, 7) is 7.35. The van der Waals surface area contributed by atoms with Crippen LogP contribution in [0.3, 0.4) is 0 Å². The summed E-state index contributed by atoms with van der Waals surface area (Å²) in [5, 5.41) is 13.4. The van der Waals surface area contributed by atoms with Crippen molar-refractivity contribution in [1.29, 1.82) is 0 Å². The molecule has 0 bridgehead atoms. The van der Waals surface area contributed by atoms with Crippen LogP contribution in [0.2, 0.25) is 0 Å². The Morgan fingerprint density at radius 2 is 1.75 bits per heavy atom. The molecular weight excluding hydrogens is 376 g/mol. The van der Waals surface area contributed by atoms with Crippen molar-refractivity contribution in [2.24, 2.45) is 0 Å². The van der Waals surface area contributed by atoms with Gasteiger partial charge in [-0.15, -0.1) is 11.8 Å². The molecule has 0 aliphatic rings. The number of hydrogen-bond donors (Lipinski definition) is 1. The van der Waals surface area contributed by atoms with E-state index in [4.69, 9.17) is 4.74 Å². The Morgan fingerprint density at radius 3 is 2.32 bits per heavy atom. The Bertz CT molecular complexity index is 784. The van der Waals surface area contributed by atoms with Crippen LogP contribution < -0.4 is 10.1 Å². The van der Waals surface area contributed by atoms with Gasteiger partial charge in [-0.1, -0.05) is 45.0 Å². The van der Waals surface area contributed by atoms with E-state index in [1.165, 1.54) is 29.5 Å². The van der Waals surface area contributed by atoms with Crippen LogP contribution in [-0.2, 0) is 16.0 Å². The lowest BCUT2D eigenvalue weighted by Crippen LogP contribution is -2.29. The number of benzene rings is 2. The minimum absolute atomic E-state index is 0.0569. The molecule has 0 heterocycles. The van der Waals surface area contributed by atoms with Crippen molar-refractivity contribution in [3.05, 3.63) is 69.8 Å². The number of hydrogen-bond acceptors (Lipinski definition) is 5. The number of nitrogens with one attached hydrogen (secondary N) is 1. The van der Waals surface area contributed by atoms with Gasteiger partial charge in [0.15, 0.2) is 0 Å². The smallest absolute Gasteiger partial charge is 0.269 e. The summed E-state index contributed by atoms with van der Waals surface area (Å²) in [7, 11) is 0. The second-order valence-corrected chi connectivity index (χ2v) is 8.37. The van der Waals surface area contributed by atoms with Gasteiger partial charge in [-0.05, 0) is 28.7 Å². The Labute approximate surface area is 169 Å². The molecule has 150 valence electrons. The number of nitro groups is 1. The highest BCUT2D eigenvalue weighted by molar-refractivity contribution is 7.99. The van der Waals surface area contributed by atoms with Gasteiger partial charge in [-0.2, -0.15) is 0 Å². The van der Waals surface area contributed by atoms with E-state index in [1.807, 2.05) is 12.1 Å². The van der Waals surface area contributed by atoms with Gasteiger partial charge < -0.3 is 10.1 Å². The molecule has 1 amide bonds. The molecule has 0 saturated carbocycles. The molecule has 0 radical (unpaired) electrons. The Hall–Kier alpha value is -2.54. The molecule has 0 saturated heterocycles. The molecule has 0 aromatic heterocycles. The van der Waals surface area contributed by atoms with E-state index in [0.29, 0.717) is 24.7 Å². The average Bonchev–Trinajstić information content (AvgIpc) is 2.65. The quantitative estimate of drug-likeness (QED) is 0.384. The van der Waals surface area contributed by atoms with Gasteiger partial charge in [0.25, 0.3) is 5.69 Å². The number of non-ortho nitro benzene ring substituents is 1. The lowest BCUT2D eigenvalue weighted by molar-refractivity contribution is -0.384. The van der Waals surface area contributed by atoms with Crippen LogP contribution >= 0.6 is 11.8 Å². The molecule has 2 aromatic carbocycles. The third kappa shape index (κ3) is 7.23. The number of nitro benzene ring substituents is 1. The van der Waals surface area contributed by atoms with Gasteiger partial charge in [0.2, 0.25) is 5.91 Å². The van der Waals surface area contributed by atoms with Crippen molar-refractivity contribution >= 4 is 23.4 Å². The summed E-state index contributed by atoms with van der Waals surface area (Å²) in [6.07, 6.45) is 0. The first-order chi connectivity index (χ1) is 13.3. The molecule has 0 atom stereocenters. The van der Waals surface area contributed by atoms with Crippen LogP contribution in [0.25, 0.3) is 0 Å². The van der Waals surface area contributed by atoms with Crippen LogP contribution in [0.15, 0.2) is 48.5 Å². The van der Waals surface area contributed by atoms with Crippen molar-refractivity contribution in [3.8, 4) is 5.75 Å². The van der Waals surface area contributed by atoms with Crippen molar-refractivity contribution in [1.82, 2.24) is 5.32 Å². The maximum absolute atomic E-state index is 11.9. The fraction of sp³-hybridized carbons (Fsp3) is 0.381. The molecule has 6 nitrogen and oxygen atoms in total. The number of thioether (sulfide) groups is 1. The van der Waals surface area contributed by atoms with E-state index in [9.17, 15) is 14.9 Å². The number of nitrogens with zero attached hydrogens (tertiary/aromatic N) is 1. The molecule has 2 rings (SSSR count). The van der Waals surface area contributed by atoms with E-state index in [1.54, 1.807) is 12.1 Å². The van der Waals surface area contributed by atoms with Gasteiger partial charge in [0.05, 0.1) is 17.2 Å². The molecule has 0 spiro atoms. The molecule has 0 fully saturated rings. The Balaban J connectivity index is 1.61. The highest BCUT2D eigenvalue weighted by atomic mass is 32.2. The molecular formula is C21H26N2O4S. The lowest BCUT2D eigenvalue weighted by atomic mass is 9.87. The van der Waals surface area contributed by atoms with E-state index in [2.05, 4.69) is 38.2 Å². The Morgan fingerprint density at radius 1 is 1.11 bits per heavy atom. The first-order valence-corrected chi connectivity index (χ1v) is 10.2. The first kappa shape index (κ1) is 21.8. The summed E-state index contributed by atoms with van der Waals surface area (Å²) in [5.41, 5.74) is 2.38. The average molecular weight is 403 g/mol. The maximum Gasteiger partial charge on any atom is 0.269 e. The number of ether oxygens (including phenoxy) is 1. The topological polar surface area (TPSA) is 81.5 Å². The van der Waals surface area contributed by atoms with Crippen molar-refractivity contribution in [3.63, 3.8) is 0 Å². The zero-order valence-corrected chi connectivity index (χ0v) is 17.3. The normalized spacial score (nSPS) is 11.1. The standard InChI is InChI=1S/C21H26N2O4S/c1-21(2,3)17-6-10-19(11-7-17)27-13-12-22-20(24)15-28-14-16-4-8-18(9-5-16)23(25)26/h4-11H,12-15H2,1-3H3,(H,22,24). The predicted octanol–water partition coefficient (Wildman–Crippen LogP) is 4.32. The highest BCUT2D eigenvalue weighted by Gasteiger charge is 2.13. The van der Waals surface area contributed by atoms with Gasteiger partial charge in [0, 0.05) is 17.9 Å². The third-order valence-electron chi connectivity index (χ3n) is 4.06. The lowest BCUT2D eigenvalue weighted by Gasteiger charge is -2.19. The number of rotatable bonds is 9. The van der Waals surface area contributed by atoms with Crippen LogP contribution in [0.5, 0.6) is 5.75 Å². The van der Waals surface area contributed by atoms with Crippen LogP contribution in [0, 0.1) is 10.1 Å². The molecule has 0 aliphatic carbocycles. The maximum atomic E-state index is 11.9. The summed E-state index contributed by atoms with van der Waals surface area (Å²) >= 11 is 1.46. The van der Waals surface area contributed by atoms with E-state index in [0.717, 1.165) is 11.3 Å². The second kappa shape index (κ2) is 10.1. The number of carbonyl (C=O) groups excluding carboxylic acids is 1. The first-order valence-electron chi connectivity index (χ1n) is 9.07. The SMILES string of the molecule is CC(C)(C)c1ccc(OCCNC(=O)CSCc2ccc([N+](=O)[O-])cc2)cc1. The largest absolute Gasteiger partial charge is 0.492 e. The second-order valence-electron chi connectivity index (χ2n) is 7.39. The molecule has 0 aliphatic heterocycles. The Kier molecular flexibility index (Phi) is 7.87. The van der Waals surface area contributed by atoms with E-state index >= 15 is 0 Å². The van der Waals surface area contributed by atoms with Gasteiger partial charge in [-0.25, -0.2) is 0 Å².